The second-order valence-electron chi connectivity index (χ2n) is 13.5. The quantitative estimate of drug-likeness (QED) is 0.134. The van der Waals surface area contributed by atoms with Gasteiger partial charge in [0.1, 0.15) is 22.8 Å². The van der Waals surface area contributed by atoms with Crippen LogP contribution in [0.3, 0.4) is 0 Å². The highest BCUT2D eigenvalue weighted by atomic mass is 32.1. The molecule has 0 radical (unpaired) electrons. The van der Waals surface area contributed by atoms with Gasteiger partial charge >= 0.3 is 11.9 Å². The van der Waals surface area contributed by atoms with Crippen LogP contribution in [0.25, 0.3) is 0 Å². The lowest BCUT2D eigenvalue weighted by molar-refractivity contribution is -0.150. The molecule has 6 atom stereocenters. The average Bonchev–Trinajstić information content (AvgIpc) is 3.57. The molecule has 0 aliphatic carbocycles. The Labute approximate surface area is 296 Å². The highest BCUT2D eigenvalue weighted by Gasteiger charge is 2.38. The molecule has 0 aromatic carbocycles. The third-order valence-electron chi connectivity index (χ3n) is 9.29. The number of piperidine rings is 1. The lowest BCUT2D eigenvalue weighted by Crippen LogP contribution is -2.58. The van der Waals surface area contributed by atoms with Gasteiger partial charge < -0.3 is 30.7 Å². The number of rotatable bonds is 20. The Morgan fingerprint density at radius 1 is 1.14 bits per heavy atom. The van der Waals surface area contributed by atoms with E-state index in [1.807, 2.05) is 46.6 Å². The van der Waals surface area contributed by atoms with Crippen LogP contribution < -0.4 is 16.4 Å². The molecule has 1 aromatic heterocycles. The van der Waals surface area contributed by atoms with Gasteiger partial charge in [0.15, 0.2) is 6.10 Å². The van der Waals surface area contributed by atoms with Gasteiger partial charge in [-0.1, -0.05) is 47.5 Å². The number of unbranched alkanes of at least 4 members (excludes halogenated alkanes) is 1. The molecule has 4 N–H and O–H groups in total. The average molecular weight is 709 g/mol. The molecule has 14 heteroatoms. The van der Waals surface area contributed by atoms with Gasteiger partial charge in [0.2, 0.25) is 11.8 Å². The molecule has 1 aromatic rings. The second kappa shape index (κ2) is 21.2. The van der Waals surface area contributed by atoms with Crippen LogP contribution in [0.2, 0.25) is 0 Å². The number of likely N-dealkylation sites (N-methyl/N-ethyl adjacent to an activating group) is 1. The van der Waals surface area contributed by atoms with E-state index in [2.05, 4.69) is 25.3 Å². The summed E-state index contributed by atoms with van der Waals surface area (Å²) in [6.07, 6.45) is 5.42. The van der Waals surface area contributed by atoms with Crippen LogP contribution in [0.4, 0.5) is 0 Å². The molecule has 2 heterocycles. The van der Waals surface area contributed by atoms with E-state index in [-0.39, 0.29) is 53.8 Å². The number of esters is 2. The number of nitrogens with two attached hydrogens (primary N) is 1. The number of hydrogen-bond acceptors (Lipinski definition) is 11. The van der Waals surface area contributed by atoms with Crippen molar-refractivity contribution in [2.24, 2.45) is 17.6 Å². The summed E-state index contributed by atoms with van der Waals surface area (Å²) in [5.74, 6) is -1.68. The van der Waals surface area contributed by atoms with Gasteiger partial charge in [0.25, 0.3) is 5.91 Å². The zero-order valence-corrected chi connectivity index (χ0v) is 31.6. The Morgan fingerprint density at radius 2 is 1.86 bits per heavy atom. The van der Waals surface area contributed by atoms with Gasteiger partial charge in [-0.25, -0.2) is 4.98 Å². The first-order valence-electron chi connectivity index (χ1n) is 17.8. The molecule has 49 heavy (non-hydrogen) atoms. The van der Waals surface area contributed by atoms with Gasteiger partial charge in [-0.05, 0) is 64.0 Å². The number of carbonyl (C=O) groups is 5. The predicted octanol–water partition coefficient (Wildman–Crippen LogP) is 3.82. The highest BCUT2D eigenvalue weighted by Crippen LogP contribution is 2.31. The molecule has 1 aliphatic heterocycles. The standard InChI is InChI=1S/C35H60N6O7S/c1-9-18-41(34(45)30(23(5)10-2)39-32(44)27-16-12-14-19-40(27)7)28(22(3)4)20-29(48-24(6)42)33-38-26(21-49-33)31(43)37-17-13-11-15-25(36)35(46)47-8/h21-23,25,27-30H,9-20,36H2,1-8H3,(H,37,43)(H,39,44)/t23-,25-,27+,28+,29+,30-/m0/s1. The predicted molar refractivity (Wildman–Crippen MR) is 190 cm³/mol. The normalized spacial score (nSPS) is 18.1. The Kier molecular flexibility index (Phi) is 18.2. The highest BCUT2D eigenvalue weighted by molar-refractivity contribution is 7.09. The van der Waals surface area contributed by atoms with E-state index in [1.54, 1.807) is 5.38 Å². The monoisotopic (exact) mass is 708 g/mol. The first kappa shape index (κ1) is 42.1. The van der Waals surface area contributed by atoms with Crippen LogP contribution >= 0.6 is 11.3 Å². The lowest BCUT2D eigenvalue weighted by Gasteiger charge is -2.40. The summed E-state index contributed by atoms with van der Waals surface area (Å²) in [7, 11) is 3.25. The van der Waals surface area contributed by atoms with E-state index in [0.29, 0.717) is 50.2 Å². The van der Waals surface area contributed by atoms with Crippen molar-refractivity contribution in [3.63, 3.8) is 0 Å². The fraction of sp³-hybridized carbons (Fsp3) is 0.771. The molecule has 0 saturated carbocycles. The molecule has 0 unspecified atom stereocenters. The molecule has 1 saturated heterocycles. The van der Waals surface area contributed by atoms with Crippen molar-refractivity contribution in [1.82, 2.24) is 25.4 Å². The van der Waals surface area contributed by atoms with Crippen LogP contribution in [0.15, 0.2) is 5.38 Å². The van der Waals surface area contributed by atoms with Crippen molar-refractivity contribution in [2.75, 3.05) is 33.8 Å². The number of methoxy groups -OCH3 is 1. The number of amides is 3. The number of nitrogens with one attached hydrogen (secondary N) is 2. The van der Waals surface area contributed by atoms with Crippen LogP contribution in [0.5, 0.6) is 0 Å². The summed E-state index contributed by atoms with van der Waals surface area (Å²) in [5.41, 5.74) is 5.98. The lowest BCUT2D eigenvalue weighted by atomic mass is 9.92. The number of aromatic nitrogens is 1. The molecule has 0 bridgehead atoms. The number of nitrogens with zero attached hydrogens (tertiary/aromatic N) is 3. The Bertz CT molecular complexity index is 1230. The fourth-order valence-electron chi connectivity index (χ4n) is 6.17. The summed E-state index contributed by atoms with van der Waals surface area (Å²) < 4.78 is 10.4. The largest absolute Gasteiger partial charge is 0.468 e. The van der Waals surface area contributed by atoms with E-state index in [1.165, 1.54) is 25.4 Å². The molecular formula is C35H60N6O7S. The van der Waals surface area contributed by atoms with Crippen molar-refractivity contribution in [3.8, 4) is 0 Å². The first-order valence-corrected chi connectivity index (χ1v) is 18.7. The summed E-state index contributed by atoms with van der Waals surface area (Å²) in [4.78, 5) is 73.1. The number of thiazole rings is 1. The summed E-state index contributed by atoms with van der Waals surface area (Å²) >= 11 is 1.23. The van der Waals surface area contributed by atoms with Crippen molar-refractivity contribution in [2.45, 2.75) is 130 Å². The second-order valence-corrected chi connectivity index (χ2v) is 14.4. The molecular weight excluding hydrogens is 648 g/mol. The van der Waals surface area contributed by atoms with Crippen molar-refractivity contribution >= 4 is 41.0 Å². The summed E-state index contributed by atoms with van der Waals surface area (Å²) in [6, 6.07) is -1.99. The SMILES string of the molecule is CCCN(C(=O)[C@@H](NC(=O)[C@H]1CCCCN1C)[C@@H](C)CC)[C@H](C[C@@H](OC(C)=O)c1nc(C(=O)NCCCC[C@H](N)C(=O)OC)cs1)C(C)C. The summed E-state index contributed by atoms with van der Waals surface area (Å²) in [6.45, 7) is 13.1. The third-order valence-corrected chi connectivity index (χ3v) is 10.2. The number of carbonyl (C=O) groups excluding carboxylic acids is 5. The van der Waals surface area contributed by atoms with Gasteiger partial charge in [0, 0.05) is 37.9 Å². The van der Waals surface area contributed by atoms with Crippen LogP contribution in [-0.4, -0.2) is 102 Å². The maximum atomic E-state index is 14.4. The van der Waals surface area contributed by atoms with Crippen LogP contribution in [0, 0.1) is 11.8 Å². The van der Waals surface area contributed by atoms with E-state index < -0.39 is 30.1 Å². The molecule has 1 aliphatic rings. The molecule has 0 spiro atoms. The van der Waals surface area contributed by atoms with Gasteiger partial charge in [-0.3, -0.25) is 28.9 Å². The van der Waals surface area contributed by atoms with E-state index in [0.717, 1.165) is 25.8 Å². The number of hydrogen-bond donors (Lipinski definition) is 3. The van der Waals surface area contributed by atoms with Crippen molar-refractivity contribution < 1.29 is 33.4 Å². The Morgan fingerprint density at radius 3 is 2.45 bits per heavy atom. The molecule has 1 fully saturated rings. The number of likely N-dealkylation sites (tertiary alicyclic amines) is 1. The van der Waals surface area contributed by atoms with Gasteiger partial charge in [0.05, 0.1) is 13.2 Å². The number of ether oxygens (including phenoxy) is 2. The minimum absolute atomic E-state index is 0.0126. The van der Waals surface area contributed by atoms with Crippen molar-refractivity contribution in [1.29, 1.82) is 0 Å². The zero-order valence-electron chi connectivity index (χ0n) is 30.8. The molecule has 278 valence electrons. The Hall–Kier alpha value is -3.10. The Balaban J connectivity index is 2.23. The maximum absolute atomic E-state index is 14.4. The van der Waals surface area contributed by atoms with E-state index in [9.17, 15) is 24.0 Å². The molecule has 13 nitrogen and oxygen atoms in total. The van der Waals surface area contributed by atoms with Crippen molar-refractivity contribution in [3.05, 3.63) is 16.1 Å². The molecule has 3 amide bonds. The minimum Gasteiger partial charge on any atom is -0.468 e. The third kappa shape index (κ3) is 12.9. The summed E-state index contributed by atoms with van der Waals surface area (Å²) in [5, 5.41) is 8.06. The first-order chi connectivity index (χ1) is 23.2. The smallest absolute Gasteiger partial charge is 0.322 e. The van der Waals surface area contributed by atoms with Gasteiger partial charge in [-0.15, -0.1) is 11.3 Å². The maximum Gasteiger partial charge on any atom is 0.322 e. The topological polar surface area (TPSA) is 173 Å². The fourth-order valence-corrected chi connectivity index (χ4v) is 7.01. The zero-order chi connectivity index (χ0) is 36.7. The minimum atomic E-state index is -0.782. The van der Waals surface area contributed by atoms with Gasteiger partial charge in [-0.2, -0.15) is 0 Å². The van der Waals surface area contributed by atoms with Crippen LogP contribution in [0.1, 0.15) is 121 Å². The van der Waals surface area contributed by atoms with Crippen LogP contribution in [-0.2, 0) is 28.7 Å². The van der Waals surface area contributed by atoms with E-state index >= 15 is 0 Å². The van der Waals surface area contributed by atoms with E-state index in [4.69, 9.17) is 10.5 Å². The molecule has 2 rings (SSSR count).